The maximum Gasteiger partial charge on any atom is 0.233 e. The summed E-state index contributed by atoms with van der Waals surface area (Å²) >= 11 is 0. The lowest BCUT2D eigenvalue weighted by Gasteiger charge is -2.19. The Morgan fingerprint density at radius 2 is 1.79 bits per heavy atom. The minimum atomic E-state index is -0.209. The third-order valence-corrected chi connectivity index (χ3v) is 5.95. The summed E-state index contributed by atoms with van der Waals surface area (Å²) in [5.74, 6) is -0.709. The molecule has 8 heteroatoms. The van der Waals surface area contributed by atoms with Crippen molar-refractivity contribution in [3.8, 4) is 0 Å². The fourth-order valence-electron chi connectivity index (χ4n) is 4.22. The fourth-order valence-corrected chi connectivity index (χ4v) is 4.22. The standard InChI is InChI=1S/C20H31N5O3/c1-3-23(4-2)11-12-24-14-15(13-21-24)22-18(26)9-10-25-19(27)16-7-5-6-8-17(16)20(25)28/h13-14,16-17H,3-12H2,1-2H3,(H,22,26). The highest BCUT2D eigenvalue weighted by Gasteiger charge is 2.47. The molecule has 2 heterocycles. The summed E-state index contributed by atoms with van der Waals surface area (Å²) in [5.41, 5.74) is 0.636. The summed E-state index contributed by atoms with van der Waals surface area (Å²) in [4.78, 5) is 40.8. The van der Waals surface area contributed by atoms with E-state index in [0.717, 1.165) is 51.9 Å². The SMILES string of the molecule is CCN(CC)CCn1cc(NC(=O)CCN2C(=O)C3CCCCC3C2=O)cn1. The number of nitrogens with zero attached hydrogens (tertiary/aromatic N) is 4. The van der Waals surface area contributed by atoms with Crippen molar-refractivity contribution >= 4 is 23.4 Å². The number of hydrogen-bond acceptors (Lipinski definition) is 5. The van der Waals surface area contributed by atoms with Crippen molar-refractivity contribution in [3.05, 3.63) is 12.4 Å². The maximum atomic E-state index is 12.5. The Kier molecular flexibility index (Phi) is 6.83. The van der Waals surface area contributed by atoms with Crippen molar-refractivity contribution in [2.24, 2.45) is 11.8 Å². The van der Waals surface area contributed by atoms with Gasteiger partial charge in [0.05, 0.1) is 30.3 Å². The summed E-state index contributed by atoms with van der Waals surface area (Å²) in [7, 11) is 0. The molecule has 1 aliphatic carbocycles. The van der Waals surface area contributed by atoms with Crippen LogP contribution >= 0.6 is 0 Å². The van der Waals surface area contributed by atoms with Gasteiger partial charge < -0.3 is 10.2 Å². The molecule has 1 aliphatic heterocycles. The van der Waals surface area contributed by atoms with E-state index in [1.807, 2.05) is 10.9 Å². The monoisotopic (exact) mass is 389 g/mol. The van der Waals surface area contributed by atoms with E-state index in [1.165, 1.54) is 4.90 Å². The van der Waals surface area contributed by atoms with Gasteiger partial charge in [0.2, 0.25) is 17.7 Å². The van der Waals surface area contributed by atoms with E-state index in [-0.39, 0.29) is 42.5 Å². The number of carbonyl (C=O) groups is 3. The van der Waals surface area contributed by atoms with Gasteiger partial charge in [-0.05, 0) is 25.9 Å². The molecule has 3 amide bonds. The van der Waals surface area contributed by atoms with Gasteiger partial charge in [-0.2, -0.15) is 5.10 Å². The average molecular weight is 390 g/mol. The number of likely N-dealkylation sites (tertiary alicyclic amines) is 1. The first-order valence-corrected chi connectivity index (χ1v) is 10.4. The molecule has 1 saturated heterocycles. The van der Waals surface area contributed by atoms with Gasteiger partial charge in [-0.15, -0.1) is 0 Å². The van der Waals surface area contributed by atoms with Crippen LogP contribution in [0.5, 0.6) is 0 Å². The number of rotatable bonds is 9. The van der Waals surface area contributed by atoms with E-state index in [1.54, 1.807) is 6.20 Å². The third-order valence-electron chi connectivity index (χ3n) is 5.95. The first-order valence-electron chi connectivity index (χ1n) is 10.4. The Balaban J connectivity index is 1.46. The number of anilines is 1. The number of nitrogens with one attached hydrogen (secondary N) is 1. The van der Waals surface area contributed by atoms with Gasteiger partial charge in [-0.3, -0.25) is 24.0 Å². The van der Waals surface area contributed by atoms with Crippen LogP contribution in [-0.2, 0) is 20.9 Å². The number of hydrogen-bond donors (Lipinski definition) is 1. The Labute approximate surface area is 166 Å². The summed E-state index contributed by atoms with van der Waals surface area (Å²) in [6.45, 7) is 8.08. The zero-order valence-corrected chi connectivity index (χ0v) is 16.9. The number of amides is 3. The minimum Gasteiger partial charge on any atom is -0.323 e. The number of carbonyl (C=O) groups excluding carboxylic acids is 3. The van der Waals surface area contributed by atoms with Crippen LogP contribution in [0.4, 0.5) is 5.69 Å². The van der Waals surface area contributed by atoms with Crippen molar-refractivity contribution in [1.82, 2.24) is 19.6 Å². The molecular weight excluding hydrogens is 358 g/mol. The normalized spacial score (nSPS) is 22.0. The smallest absolute Gasteiger partial charge is 0.233 e. The zero-order chi connectivity index (χ0) is 20.1. The molecule has 2 fully saturated rings. The highest BCUT2D eigenvalue weighted by Crippen LogP contribution is 2.37. The van der Waals surface area contributed by atoms with Crippen LogP contribution < -0.4 is 5.32 Å². The van der Waals surface area contributed by atoms with E-state index >= 15 is 0 Å². The molecule has 1 aromatic rings. The molecular formula is C20H31N5O3. The first-order chi connectivity index (χ1) is 13.5. The Morgan fingerprint density at radius 3 is 2.39 bits per heavy atom. The quantitative estimate of drug-likeness (QED) is 0.650. The molecule has 28 heavy (non-hydrogen) atoms. The van der Waals surface area contributed by atoms with Gasteiger partial charge >= 0.3 is 0 Å². The van der Waals surface area contributed by atoms with Crippen LogP contribution in [0.2, 0.25) is 0 Å². The fraction of sp³-hybridized carbons (Fsp3) is 0.700. The Morgan fingerprint density at radius 1 is 1.14 bits per heavy atom. The molecule has 0 radical (unpaired) electrons. The van der Waals surface area contributed by atoms with E-state index in [0.29, 0.717) is 5.69 Å². The second-order valence-electron chi connectivity index (χ2n) is 7.64. The minimum absolute atomic E-state index is 0.0910. The molecule has 0 aromatic carbocycles. The molecule has 8 nitrogen and oxygen atoms in total. The lowest BCUT2D eigenvalue weighted by Crippen LogP contribution is -2.34. The summed E-state index contributed by atoms with van der Waals surface area (Å²) < 4.78 is 1.81. The van der Waals surface area contributed by atoms with Crippen molar-refractivity contribution in [2.75, 3.05) is 31.5 Å². The molecule has 2 aliphatic rings. The molecule has 0 bridgehead atoms. The van der Waals surface area contributed by atoms with E-state index in [9.17, 15) is 14.4 Å². The third kappa shape index (κ3) is 4.60. The van der Waals surface area contributed by atoms with Gasteiger partial charge in [0.25, 0.3) is 0 Å². The maximum absolute atomic E-state index is 12.5. The van der Waals surface area contributed by atoms with Crippen molar-refractivity contribution in [2.45, 2.75) is 52.5 Å². The summed E-state index contributed by atoms with van der Waals surface area (Å²) in [6, 6.07) is 0. The molecule has 1 saturated carbocycles. The second-order valence-corrected chi connectivity index (χ2v) is 7.64. The van der Waals surface area contributed by atoms with Crippen LogP contribution in [0.3, 0.4) is 0 Å². The number of aromatic nitrogens is 2. The van der Waals surface area contributed by atoms with Crippen molar-refractivity contribution in [3.63, 3.8) is 0 Å². The van der Waals surface area contributed by atoms with Crippen LogP contribution in [0.25, 0.3) is 0 Å². The topological polar surface area (TPSA) is 87.5 Å². The van der Waals surface area contributed by atoms with E-state index in [4.69, 9.17) is 0 Å². The van der Waals surface area contributed by atoms with Gasteiger partial charge in [-0.25, -0.2) is 0 Å². The predicted octanol–water partition coefficient (Wildman–Crippen LogP) is 1.73. The molecule has 1 aromatic heterocycles. The lowest BCUT2D eigenvalue weighted by atomic mass is 9.81. The summed E-state index contributed by atoms with van der Waals surface area (Å²) in [5, 5.41) is 7.09. The first kappa shape index (κ1) is 20.5. The van der Waals surface area contributed by atoms with Gasteiger partial charge in [0, 0.05) is 25.7 Å². The van der Waals surface area contributed by atoms with E-state index < -0.39 is 0 Å². The van der Waals surface area contributed by atoms with Crippen molar-refractivity contribution in [1.29, 1.82) is 0 Å². The van der Waals surface area contributed by atoms with Crippen LogP contribution in [0, 0.1) is 11.8 Å². The predicted molar refractivity (Wildman–Crippen MR) is 105 cm³/mol. The summed E-state index contributed by atoms with van der Waals surface area (Å²) in [6.07, 6.45) is 7.15. The number of fused-ring (bicyclic) bond motifs is 1. The number of likely N-dealkylation sites (N-methyl/N-ethyl adjacent to an activating group) is 1. The highest BCUT2D eigenvalue weighted by molar-refractivity contribution is 6.05. The Bertz CT molecular complexity index is 688. The van der Waals surface area contributed by atoms with Crippen molar-refractivity contribution < 1.29 is 14.4 Å². The molecule has 2 unspecified atom stereocenters. The van der Waals surface area contributed by atoms with Gasteiger partial charge in [-0.1, -0.05) is 26.7 Å². The second kappa shape index (κ2) is 9.32. The van der Waals surface area contributed by atoms with E-state index in [2.05, 4.69) is 29.2 Å². The molecule has 0 spiro atoms. The molecule has 2 atom stereocenters. The zero-order valence-electron chi connectivity index (χ0n) is 16.9. The molecule has 3 rings (SSSR count). The lowest BCUT2D eigenvalue weighted by molar-refractivity contribution is -0.140. The number of imide groups is 1. The average Bonchev–Trinajstić information content (AvgIpc) is 3.24. The highest BCUT2D eigenvalue weighted by atomic mass is 16.2. The van der Waals surface area contributed by atoms with Gasteiger partial charge in [0.1, 0.15) is 0 Å². The van der Waals surface area contributed by atoms with Gasteiger partial charge in [0.15, 0.2) is 0 Å². The van der Waals surface area contributed by atoms with Crippen LogP contribution in [0.1, 0.15) is 46.0 Å². The van der Waals surface area contributed by atoms with Crippen LogP contribution in [0.15, 0.2) is 12.4 Å². The molecule has 154 valence electrons. The Hall–Kier alpha value is -2.22. The largest absolute Gasteiger partial charge is 0.323 e. The molecule has 1 N–H and O–H groups in total. The van der Waals surface area contributed by atoms with Crippen LogP contribution in [-0.4, -0.2) is 63.5 Å².